The Hall–Kier alpha value is -2.98. The molecule has 0 aliphatic rings. The van der Waals surface area contributed by atoms with Gasteiger partial charge in [0.15, 0.2) is 0 Å². The molecule has 0 bridgehead atoms. The maximum absolute atomic E-state index is 11.8. The molecule has 0 atom stereocenters. The van der Waals surface area contributed by atoms with E-state index in [-0.39, 0.29) is 44.7 Å². The van der Waals surface area contributed by atoms with Crippen molar-refractivity contribution in [3.05, 3.63) is 35.9 Å². The third-order valence-electron chi connectivity index (χ3n) is 4.39. The minimum Gasteiger partial charge on any atom is -0.480 e. The van der Waals surface area contributed by atoms with Crippen molar-refractivity contribution in [1.29, 1.82) is 0 Å². The number of nitrogens with zero attached hydrogens (tertiary/aromatic N) is 2. The summed E-state index contributed by atoms with van der Waals surface area (Å²) < 4.78 is 15.5. The molecule has 1 rings (SSSR count). The molecule has 0 fully saturated rings. The van der Waals surface area contributed by atoms with Crippen molar-refractivity contribution in [3.8, 4) is 0 Å². The van der Waals surface area contributed by atoms with Crippen LogP contribution in [0.4, 0.5) is 0 Å². The van der Waals surface area contributed by atoms with Crippen molar-refractivity contribution in [1.82, 2.24) is 9.80 Å². The lowest BCUT2D eigenvalue weighted by Crippen LogP contribution is -2.38. The van der Waals surface area contributed by atoms with E-state index in [4.69, 9.17) is 19.3 Å². The molecule has 0 aromatic heterocycles. The van der Waals surface area contributed by atoms with Crippen LogP contribution in [0.25, 0.3) is 0 Å². The maximum atomic E-state index is 11.8. The van der Waals surface area contributed by atoms with Crippen LogP contribution in [0.15, 0.2) is 30.3 Å². The molecule has 0 aliphatic carbocycles. The molecule has 0 heterocycles. The van der Waals surface area contributed by atoms with Gasteiger partial charge >= 0.3 is 23.9 Å². The molecule has 0 aliphatic heterocycles. The smallest absolute Gasteiger partial charge is 0.320 e. The van der Waals surface area contributed by atoms with Crippen LogP contribution in [0.1, 0.15) is 61.0 Å². The van der Waals surface area contributed by atoms with E-state index in [0.29, 0.717) is 13.1 Å². The van der Waals surface area contributed by atoms with Crippen molar-refractivity contribution in [2.24, 2.45) is 0 Å². The van der Waals surface area contributed by atoms with Gasteiger partial charge in [-0.1, -0.05) is 44.2 Å². The van der Waals surface area contributed by atoms with Crippen LogP contribution < -0.4 is 0 Å². The van der Waals surface area contributed by atoms with Crippen LogP contribution in [0.3, 0.4) is 0 Å². The number of benzene rings is 1. The number of likely N-dealkylation sites (N-methyl/N-ethyl adjacent to an activating group) is 2. The molecule has 0 spiro atoms. The number of rotatable bonds is 12. The summed E-state index contributed by atoms with van der Waals surface area (Å²) in [7, 11) is 0. The summed E-state index contributed by atoms with van der Waals surface area (Å²) in [5.74, 6) is -2.04. The lowest BCUT2D eigenvalue weighted by Gasteiger charge is -2.23. The summed E-state index contributed by atoms with van der Waals surface area (Å²) in [6, 6.07) is 9.48. The largest absolute Gasteiger partial charge is 0.480 e. The van der Waals surface area contributed by atoms with E-state index in [2.05, 4.69) is 0 Å². The highest BCUT2D eigenvalue weighted by Crippen LogP contribution is 2.08. The number of hydrogen-bond donors (Lipinski definition) is 1. The molecule has 10 nitrogen and oxygen atoms in total. The van der Waals surface area contributed by atoms with Crippen LogP contribution in [0, 0.1) is 0 Å². The first kappa shape index (κ1) is 34.0. The summed E-state index contributed by atoms with van der Waals surface area (Å²) in [5, 5.41) is 8.57. The number of hydrogen-bond acceptors (Lipinski definition) is 9. The van der Waals surface area contributed by atoms with Crippen LogP contribution in [-0.4, -0.2) is 89.3 Å². The zero-order chi connectivity index (χ0) is 28.6. The van der Waals surface area contributed by atoms with Gasteiger partial charge in [0.05, 0.1) is 26.2 Å². The zero-order valence-corrected chi connectivity index (χ0v) is 23.5. The van der Waals surface area contributed by atoms with Gasteiger partial charge in [-0.2, -0.15) is 0 Å². The summed E-state index contributed by atoms with van der Waals surface area (Å²) >= 11 is 0. The first-order valence-electron chi connectivity index (χ1n) is 12.3. The quantitative estimate of drug-likeness (QED) is 0.322. The van der Waals surface area contributed by atoms with E-state index in [9.17, 15) is 19.2 Å². The summed E-state index contributed by atoms with van der Waals surface area (Å²) in [6.07, 6.45) is 0. The van der Waals surface area contributed by atoms with E-state index in [1.165, 1.54) is 4.90 Å². The average molecular weight is 525 g/mol. The fourth-order valence-electron chi connectivity index (χ4n) is 2.83. The van der Waals surface area contributed by atoms with E-state index >= 15 is 0 Å². The van der Waals surface area contributed by atoms with Crippen LogP contribution in [0.2, 0.25) is 0 Å². The Bertz CT molecular complexity index is 844. The van der Waals surface area contributed by atoms with Gasteiger partial charge < -0.3 is 19.3 Å². The van der Waals surface area contributed by atoms with Crippen molar-refractivity contribution in [2.75, 3.05) is 39.3 Å². The molecule has 0 amide bonds. The number of carbonyl (C=O) groups is 4. The molecule has 37 heavy (non-hydrogen) atoms. The number of carboxylic acids is 1. The Morgan fingerprint density at radius 2 is 1.11 bits per heavy atom. The van der Waals surface area contributed by atoms with Crippen molar-refractivity contribution in [3.63, 3.8) is 0 Å². The molecule has 1 aromatic carbocycles. The highest BCUT2D eigenvalue weighted by Gasteiger charge is 2.21. The van der Waals surface area contributed by atoms with Gasteiger partial charge in [0.2, 0.25) is 0 Å². The second-order valence-electron chi connectivity index (χ2n) is 10.3. The highest BCUT2D eigenvalue weighted by molar-refractivity contribution is 5.75. The lowest BCUT2D eigenvalue weighted by atomic mass is 10.2. The molecule has 0 saturated heterocycles. The van der Waals surface area contributed by atoms with Gasteiger partial charge in [0.25, 0.3) is 0 Å². The molecule has 10 heteroatoms. The number of carboxylic acid groups (broad SMARTS) is 1. The summed E-state index contributed by atoms with van der Waals surface area (Å²) in [4.78, 5) is 48.6. The van der Waals surface area contributed by atoms with Crippen LogP contribution >= 0.6 is 0 Å². The average Bonchev–Trinajstić information content (AvgIpc) is 2.75. The topological polar surface area (TPSA) is 123 Å². The molecule has 0 saturated carbocycles. The zero-order valence-electron chi connectivity index (χ0n) is 23.5. The number of carbonyl (C=O) groups excluding carboxylic acids is 3. The molecule has 1 N–H and O–H groups in total. The molecule has 0 radical (unpaired) electrons. The third-order valence-corrected chi connectivity index (χ3v) is 4.39. The fraction of sp³-hybridized carbons (Fsp3) is 0.630. The Kier molecular flexibility index (Phi) is 15.4. The summed E-state index contributed by atoms with van der Waals surface area (Å²) in [6.45, 7) is 15.8. The van der Waals surface area contributed by atoms with Crippen molar-refractivity contribution < 1.29 is 38.5 Å². The van der Waals surface area contributed by atoms with Gasteiger partial charge in [-0.25, -0.2) is 0 Å². The molecule has 1 aromatic rings. The third kappa shape index (κ3) is 19.8. The standard InChI is InChI=1S/C17H25NO4.C10H19NO4/c1-5-18(12-16(20)22-17(2,3)4)11-15(19)21-13-14-9-7-6-8-10-14;1-5-11(6-8(12)13)7-9(14)15-10(2,3)4/h6-10H,5,11-13H2,1-4H3;5-7H2,1-4H3,(H,12,13). The lowest BCUT2D eigenvalue weighted by molar-refractivity contribution is -0.158. The second-order valence-corrected chi connectivity index (χ2v) is 10.3. The molecule has 210 valence electrons. The number of ether oxygens (including phenoxy) is 3. The first-order valence-corrected chi connectivity index (χ1v) is 12.3. The highest BCUT2D eigenvalue weighted by atomic mass is 16.6. The predicted octanol–water partition coefficient (Wildman–Crippen LogP) is 3.13. The molecule has 0 unspecified atom stereocenters. The predicted molar refractivity (Wildman–Crippen MR) is 140 cm³/mol. The SMILES string of the molecule is CCN(CC(=O)O)CC(=O)OC(C)(C)C.CCN(CC(=O)OCc1ccccc1)CC(=O)OC(C)(C)C. The Morgan fingerprint density at radius 1 is 0.703 bits per heavy atom. The molecular weight excluding hydrogens is 480 g/mol. The minimum absolute atomic E-state index is 0.0140. The van der Waals surface area contributed by atoms with Gasteiger partial charge in [-0.3, -0.25) is 29.0 Å². The van der Waals surface area contributed by atoms with Gasteiger partial charge in [0, 0.05) is 0 Å². The van der Waals surface area contributed by atoms with E-state index in [1.807, 2.05) is 58.0 Å². The minimum atomic E-state index is -0.944. The molecular formula is C27H44N2O8. The monoisotopic (exact) mass is 524 g/mol. The van der Waals surface area contributed by atoms with E-state index in [1.54, 1.807) is 32.6 Å². The Balaban J connectivity index is 0.000000757. The van der Waals surface area contributed by atoms with Gasteiger partial charge in [-0.15, -0.1) is 0 Å². The maximum Gasteiger partial charge on any atom is 0.320 e. The van der Waals surface area contributed by atoms with Crippen LogP contribution in [-0.2, 0) is 40.0 Å². The number of aliphatic carboxylic acids is 1. The van der Waals surface area contributed by atoms with Crippen molar-refractivity contribution in [2.45, 2.75) is 73.2 Å². The van der Waals surface area contributed by atoms with Crippen LogP contribution in [0.5, 0.6) is 0 Å². The normalized spacial score (nSPS) is 11.4. The second kappa shape index (κ2) is 16.7. The Labute approximate surface area is 220 Å². The van der Waals surface area contributed by atoms with E-state index in [0.717, 1.165) is 5.56 Å². The first-order chi connectivity index (χ1) is 17.0. The Morgan fingerprint density at radius 3 is 1.49 bits per heavy atom. The van der Waals surface area contributed by atoms with Gasteiger partial charge in [0.1, 0.15) is 17.8 Å². The fourth-order valence-corrected chi connectivity index (χ4v) is 2.83. The van der Waals surface area contributed by atoms with Gasteiger partial charge in [-0.05, 0) is 60.2 Å². The van der Waals surface area contributed by atoms with Crippen molar-refractivity contribution >= 4 is 23.9 Å². The van der Waals surface area contributed by atoms with E-state index < -0.39 is 23.1 Å². The summed E-state index contributed by atoms with van der Waals surface area (Å²) in [5.41, 5.74) is -0.115. The number of esters is 3.